The van der Waals surface area contributed by atoms with Crippen LogP contribution < -0.4 is 0 Å². The first kappa shape index (κ1) is 17.9. The third-order valence-corrected chi connectivity index (χ3v) is 6.08. The number of piperidine rings is 3. The molecule has 5 rings (SSSR count). The summed E-state index contributed by atoms with van der Waals surface area (Å²) in [5, 5.41) is 18.3. The second-order valence-electron chi connectivity index (χ2n) is 8.36. The minimum Gasteiger partial charge on any atom is -0.384 e. The van der Waals surface area contributed by atoms with E-state index in [2.05, 4.69) is 15.2 Å². The van der Waals surface area contributed by atoms with Crippen LogP contribution in [-0.4, -0.2) is 81.2 Å². The third kappa shape index (κ3) is 3.50. The van der Waals surface area contributed by atoms with Crippen LogP contribution in [0.5, 0.6) is 0 Å². The Morgan fingerprint density at radius 2 is 2.12 bits per heavy atom. The maximum atomic E-state index is 12.9. The van der Waals surface area contributed by atoms with Gasteiger partial charge >= 0.3 is 0 Å². The molecule has 4 fully saturated rings. The fourth-order valence-corrected chi connectivity index (χ4v) is 4.51. The first-order valence-electron chi connectivity index (χ1n) is 9.65. The molecule has 0 radical (unpaired) electrons. The van der Waals surface area contributed by atoms with Gasteiger partial charge in [0.1, 0.15) is 11.3 Å². The maximum Gasteiger partial charge on any atom is 0.227 e. The van der Waals surface area contributed by atoms with E-state index >= 15 is 0 Å². The fourth-order valence-electron chi connectivity index (χ4n) is 4.51. The number of aliphatic hydroxyl groups is 1. The summed E-state index contributed by atoms with van der Waals surface area (Å²) in [6.07, 6.45) is 3.96. The van der Waals surface area contributed by atoms with Crippen LogP contribution in [0.25, 0.3) is 0 Å². The molecule has 1 amide bonds. The number of hydrogen-bond donors (Lipinski definition) is 1. The predicted molar refractivity (Wildman–Crippen MR) is 94.2 cm³/mol. The van der Waals surface area contributed by atoms with Crippen molar-refractivity contribution >= 4 is 5.91 Å². The molecule has 8 nitrogen and oxygen atoms in total. The third-order valence-electron chi connectivity index (χ3n) is 6.08. The molecule has 144 valence electrons. The van der Waals surface area contributed by atoms with Crippen molar-refractivity contribution in [3.05, 3.63) is 11.9 Å². The number of fused-ring (bicyclic) bond motifs is 3. The van der Waals surface area contributed by atoms with Crippen molar-refractivity contribution in [2.75, 3.05) is 39.4 Å². The van der Waals surface area contributed by atoms with Crippen LogP contribution in [0.4, 0.5) is 0 Å². The highest BCUT2D eigenvalue weighted by molar-refractivity contribution is 5.79. The number of ether oxygens (including phenoxy) is 1. The average molecular weight is 363 g/mol. The number of amides is 1. The molecule has 1 unspecified atom stereocenters. The Morgan fingerprint density at radius 1 is 1.35 bits per heavy atom. The summed E-state index contributed by atoms with van der Waals surface area (Å²) in [7, 11) is 0. The lowest BCUT2D eigenvalue weighted by Gasteiger charge is -2.50. The van der Waals surface area contributed by atoms with E-state index in [1.165, 1.54) is 0 Å². The summed E-state index contributed by atoms with van der Waals surface area (Å²) in [6.45, 7) is 8.86. The summed E-state index contributed by atoms with van der Waals surface area (Å²) in [5.74, 6) is 0.893. The molecule has 4 aliphatic heterocycles. The summed E-state index contributed by atoms with van der Waals surface area (Å²) in [6, 6.07) is 0.388. The number of aromatic nitrogens is 3. The van der Waals surface area contributed by atoms with Crippen molar-refractivity contribution in [1.82, 2.24) is 24.8 Å². The Bertz CT molecular complexity index is 649. The molecule has 0 aliphatic carbocycles. The van der Waals surface area contributed by atoms with Crippen LogP contribution in [-0.2, 0) is 21.7 Å². The lowest BCUT2D eigenvalue weighted by atomic mass is 9.75. The van der Waals surface area contributed by atoms with Crippen LogP contribution in [0.15, 0.2) is 6.20 Å². The highest BCUT2D eigenvalue weighted by Crippen LogP contribution is 2.37. The van der Waals surface area contributed by atoms with E-state index in [0.29, 0.717) is 36.8 Å². The molecule has 0 saturated carbocycles. The van der Waals surface area contributed by atoms with Crippen LogP contribution in [0.1, 0.15) is 32.4 Å². The van der Waals surface area contributed by atoms with E-state index in [4.69, 9.17) is 4.74 Å². The van der Waals surface area contributed by atoms with E-state index < -0.39 is 5.60 Å². The number of morpholine rings is 1. The minimum atomic E-state index is -0.972. The smallest absolute Gasteiger partial charge is 0.227 e. The van der Waals surface area contributed by atoms with Gasteiger partial charge in [-0.05, 0) is 39.2 Å². The molecule has 4 atom stereocenters. The van der Waals surface area contributed by atoms with Gasteiger partial charge in [-0.25, -0.2) is 0 Å². The van der Waals surface area contributed by atoms with Crippen molar-refractivity contribution in [1.29, 1.82) is 0 Å². The molecule has 4 saturated heterocycles. The van der Waals surface area contributed by atoms with Gasteiger partial charge in [0.2, 0.25) is 5.91 Å². The highest BCUT2D eigenvalue weighted by Gasteiger charge is 2.44. The van der Waals surface area contributed by atoms with Crippen molar-refractivity contribution < 1.29 is 14.6 Å². The summed E-state index contributed by atoms with van der Waals surface area (Å²) in [5.41, 5.74) is -0.381. The zero-order chi connectivity index (χ0) is 18.3. The largest absolute Gasteiger partial charge is 0.384 e. The fraction of sp³-hybridized carbons (Fsp3) is 0.833. The zero-order valence-corrected chi connectivity index (χ0v) is 15.7. The molecule has 0 spiro atoms. The van der Waals surface area contributed by atoms with Crippen molar-refractivity contribution in [2.24, 2.45) is 11.8 Å². The maximum absolute atomic E-state index is 12.9. The number of carbonyl (C=O) groups is 1. The Hall–Kier alpha value is -1.51. The van der Waals surface area contributed by atoms with Gasteiger partial charge in [0, 0.05) is 25.7 Å². The molecule has 1 aromatic rings. The molecule has 0 aromatic carbocycles. The first-order chi connectivity index (χ1) is 12.4. The Labute approximate surface area is 154 Å². The molecular weight excluding hydrogens is 334 g/mol. The van der Waals surface area contributed by atoms with Crippen molar-refractivity contribution in [3.8, 4) is 0 Å². The second kappa shape index (κ2) is 6.90. The van der Waals surface area contributed by atoms with Gasteiger partial charge in [-0.2, -0.15) is 0 Å². The standard InChI is InChI=1S/C18H29N5O3/c1-18(2,25)16-12-23(20-19-16)10-14-9-13-3-4-22(14)11-15(13)17(24)21-5-7-26-8-6-21/h12-15,25H,3-11H2,1-2H3/t13-,14+,15-/m0/s1. The molecule has 1 N–H and O–H groups in total. The van der Waals surface area contributed by atoms with Gasteiger partial charge in [0.15, 0.2) is 0 Å². The quantitative estimate of drug-likeness (QED) is 0.815. The molecular formula is C18H29N5O3. The Kier molecular flexibility index (Phi) is 4.75. The van der Waals surface area contributed by atoms with E-state index in [0.717, 1.165) is 45.6 Å². The summed E-state index contributed by atoms with van der Waals surface area (Å²) < 4.78 is 7.20. The number of hydrogen-bond acceptors (Lipinski definition) is 6. The SMILES string of the molecule is CC(C)(O)c1cn(C[C@H]2C[C@@H]3CCN2C[C@@H]3C(=O)N2CCOCC2)nn1. The number of nitrogens with zero attached hydrogens (tertiary/aromatic N) is 5. The highest BCUT2D eigenvalue weighted by atomic mass is 16.5. The summed E-state index contributed by atoms with van der Waals surface area (Å²) in [4.78, 5) is 17.3. The van der Waals surface area contributed by atoms with Gasteiger partial charge < -0.3 is 14.7 Å². The zero-order valence-electron chi connectivity index (χ0n) is 15.7. The van der Waals surface area contributed by atoms with Gasteiger partial charge in [0.05, 0.1) is 31.9 Å². The molecule has 2 bridgehead atoms. The first-order valence-corrected chi connectivity index (χ1v) is 9.65. The summed E-state index contributed by atoms with van der Waals surface area (Å²) >= 11 is 0. The number of carbonyl (C=O) groups excluding carboxylic acids is 1. The molecule has 5 heterocycles. The van der Waals surface area contributed by atoms with E-state index in [-0.39, 0.29) is 5.92 Å². The molecule has 4 aliphatic rings. The molecule has 1 aromatic heterocycles. The normalized spacial score (nSPS) is 32.0. The van der Waals surface area contributed by atoms with Crippen molar-refractivity contribution in [2.45, 2.75) is 44.9 Å². The lowest BCUT2D eigenvalue weighted by molar-refractivity contribution is -0.148. The Balaban J connectivity index is 1.39. The molecule has 26 heavy (non-hydrogen) atoms. The lowest BCUT2D eigenvalue weighted by Crippen LogP contribution is -2.59. The van der Waals surface area contributed by atoms with E-state index in [1.54, 1.807) is 13.8 Å². The minimum absolute atomic E-state index is 0.126. The monoisotopic (exact) mass is 363 g/mol. The van der Waals surface area contributed by atoms with Crippen LogP contribution in [0.3, 0.4) is 0 Å². The van der Waals surface area contributed by atoms with Crippen molar-refractivity contribution in [3.63, 3.8) is 0 Å². The van der Waals surface area contributed by atoms with Gasteiger partial charge in [-0.3, -0.25) is 14.4 Å². The van der Waals surface area contributed by atoms with E-state index in [1.807, 2.05) is 15.8 Å². The predicted octanol–water partition coefficient (Wildman–Crippen LogP) is 0.0747. The van der Waals surface area contributed by atoms with E-state index in [9.17, 15) is 9.90 Å². The van der Waals surface area contributed by atoms with Crippen LogP contribution >= 0.6 is 0 Å². The Morgan fingerprint density at radius 3 is 2.73 bits per heavy atom. The van der Waals surface area contributed by atoms with Crippen LogP contribution in [0, 0.1) is 11.8 Å². The van der Waals surface area contributed by atoms with Gasteiger partial charge in [-0.1, -0.05) is 5.21 Å². The van der Waals surface area contributed by atoms with Gasteiger partial charge in [0.25, 0.3) is 0 Å². The van der Waals surface area contributed by atoms with Crippen LogP contribution in [0.2, 0.25) is 0 Å². The average Bonchev–Trinajstić information content (AvgIpc) is 3.11. The molecule has 8 heteroatoms. The second-order valence-corrected chi connectivity index (χ2v) is 8.36. The topological polar surface area (TPSA) is 83.7 Å². The number of rotatable bonds is 4. The van der Waals surface area contributed by atoms with Gasteiger partial charge in [-0.15, -0.1) is 5.10 Å².